The van der Waals surface area contributed by atoms with Gasteiger partial charge in [0.05, 0.1) is 13.2 Å². The number of aryl methyl sites for hydroxylation is 1. The standard InChI is InChI=1S/C10H11O/c1-2-8-4-3-5-9-6-11-7-10(8)9/h3,5H,2,6-7H2,1H3. The van der Waals surface area contributed by atoms with Crippen molar-refractivity contribution in [1.82, 2.24) is 0 Å². The average molecular weight is 147 g/mol. The fourth-order valence-corrected chi connectivity index (χ4v) is 1.52. The molecule has 1 heterocycles. The van der Waals surface area contributed by atoms with Gasteiger partial charge in [-0.05, 0) is 29.2 Å². The van der Waals surface area contributed by atoms with Gasteiger partial charge >= 0.3 is 0 Å². The van der Waals surface area contributed by atoms with Crippen LogP contribution in [0, 0.1) is 6.07 Å². The highest BCUT2D eigenvalue weighted by Gasteiger charge is 2.13. The van der Waals surface area contributed by atoms with Crippen molar-refractivity contribution in [3.8, 4) is 0 Å². The number of fused-ring (bicyclic) bond motifs is 1. The molecule has 2 rings (SSSR count). The predicted octanol–water partition coefficient (Wildman–Crippen LogP) is 2.08. The van der Waals surface area contributed by atoms with Crippen LogP contribution in [0.2, 0.25) is 0 Å². The van der Waals surface area contributed by atoms with Crippen molar-refractivity contribution >= 4 is 0 Å². The van der Waals surface area contributed by atoms with E-state index in [-0.39, 0.29) is 0 Å². The van der Waals surface area contributed by atoms with Gasteiger partial charge in [0.1, 0.15) is 0 Å². The largest absolute Gasteiger partial charge is 0.372 e. The summed E-state index contributed by atoms with van der Waals surface area (Å²) in [6.07, 6.45) is 1.06. The van der Waals surface area contributed by atoms with Crippen LogP contribution in [0.25, 0.3) is 0 Å². The Hall–Kier alpha value is -0.820. The molecule has 1 radical (unpaired) electrons. The molecule has 0 bridgehead atoms. The maximum atomic E-state index is 5.34. The van der Waals surface area contributed by atoms with Crippen LogP contribution in [0.1, 0.15) is 23.6 Å². The molecule has 11 heavy (non-hydrogen) atoms. The molecule has 0 unspecified atom stereocenters. The van der Waals surface area contributed by atoms with E-state index in [0.29, 0.717) is 0 Å². The third-order valence-electron chi connectivity index (χ3n) is 2.15. The van der Waals surface area contributed by atoms with Crippen LogP contribution in [0.4, 0.5) is 0 Å². The molecular formula is C10H11O. The monoisotopic (exact) mass is 147 g/mol. The molecule has 0 spiro atoms. The second-order valence-corrected chi connectivity index (χ2v) is 2.81. The number of hydrogen-bond donors (Lipinski definition) is 0. The number of ether oxygens (including phenoxy) is 1. The van der Waals surface area contributed by atoms with Gasteiger partial charge in [0.25, 0.3) is 0 Å². The molecule has 0 aromatic heterocycles. The third-order valence-corrected chi connectivity index (χ3v) is 2.15. The maximum absolute atomic E-state index is 5.34. The topological polar surface area (TPSA) is 9.23 Å². The average Bonchev–Trinajstić information content (AvgIpc) is 2.50. The lowest BCUT2D eigenvalue weighted by molar-refractivity contribution is 0.134. The first-order valence-electron chi connectivity index (χ1n) is 4.01. The minimum absolute atomic E-state index is 0.788. The summed E-state index contributed by atoms with van der Waals surface area (Å²) >= 11 is 0. The highest BCUT2D eigenvalue weighted by molar-refractivity contribution is 5.35. The molecule has 1 aliphatic heterocycles. The lowest BCUT2D eigenvalue weighted by Gasteiger charge is -2.01. The molecule has 0 fully saturated rings. The van der Waals surface area contributed by atoms with Crippen LogP contribution >= 0.6 is 0 Å². The van der Waals surface area contributed by atoms with E-state index >= 15 is 0 Å². The van der Waals surface area contributed by atoms with E-state index in [2.05, 4.69) is 19.1 Å². The van der Waals surface area contributed by atoms with Gasteiger partial charge in [0, 0.05) is 0 Å². The maximum Gasteiger partial charge on any atom is 0.0727 e. The normalized spacial score (nSPS) is 15.0. The lowest BCUT2D eigenvalue weighted by atomic mass is 10.0. The van der Waals surface area contributed by atoms with Gasteiger partial charge < -0.3 is 4.74 Å². The van der Waals surface area contributed by atoms with Gasteiger partial charge in [-0.3, -0.25) is 0 Å². The SMILES string of the molecule is CCc1[c]ccc2c1COC2. The molecule has 1 aromatic carbocycles. The third kappa shape index (κ3) is 1.05. The predicted molar refractivity (Wildman–Crippen MR) is 43.1 cm³/mol. The summed E-state index contributed by atoms with van der Waals surface area (Å²) in [7, 11) is 0. The molecule has 0 saturated carbocycles. The van der Waals surface area contributed by atoms with Crippen LogP contribution in [0.5, 0.6) is 0 Å². The zero-order chi connectivity index (χ0) is 7.68. The van der Waals surface area contributed by atoms with Crippen molar-refractivity contribution in [2.45, 2.75) is 26.6 Å². The van der Waals surface area contributed by atoms with Gasteiger partial charge in [-0.1, -0.05) is 19.1 Å². The summed E-state index contributed by atoms with van der Waals surface area (Å²) in [5, 5.41) is 0. The lowest BCUT2D eigenvalue weighted by Crippen LogP contribution is -1.90. The van der Waals surface area contributed by atoms with Crippen LogP contribution in [0.3, 0.4) is 0 Å². The number of benzene rings is 1. The molecule has 0 atom stereocenters. The minimum atomic E-state index is 0.788. The van der Waals surface area contributed by atoms with Crippen molar-refractivity contribution < 1.29 is 4.74 Å². The Bertz CT molecular complexity index is 266. The summed E-state index contributed by atoms with van der Waals surface area (Å²) in [6, 6.07) is 7.33. The number of rotatable bonds is 1. The fourth-order valence-electron chi connectivity index (χ4n) is 1.52. The highest BCUT2D eigenvalue weighted by Crippen LogP contribution is 2.22. The molecule has 0 aliphatic carbocycles. The van der Waals surface area contributed by atoms with Gasteiger partial charge in [0.2, 0.25) is 0 Å². The molecule has 57 valence electrons. The summed E-state index contributed by atoms with van der Waals surface area (Å²) in [4.78, 5) is 0. The van der Waals surface area contributed by atoms with Crippen LogP contribution in [-0.2, 0) is 24.4 Å². The molecule has 0 amide bonds. The van der Waals surface area contributed by atoms with Crippen molar-refractivity contribution in [2.75, 3.05) is 0 Å². The van der Waals surface area contributed by atoms with E-state index in [1.54, 1.807) is 0 Å². The first-order valence-corrected chi connectivity index (χ1v) is 4.01. The Morgan fingerprint density at radius 3 is 3.27 bits per heavy atom. The second-order valence-electron chi connectivity index (χ2n) is 2.81. The Kier molecular flexibility index (Phi) is 1.66. The second kappa shape index (κ2) is 2.67. The van der Waals surface area contributed by atoms with Crippen LogP contribution in [0.15, 0.2) is 12.1 Å². The quantitative estimate of drug-likeness (QED) is 0.591. The Balaban J connectivity index is 2.50. The van der Waals surface area contributed by atoms with Crippen molar-refractivity contribution in [3.05, 3.63) is 34.9 Å². The van der Waals surface area contributed by atoms with E-state index in [9.17, 15) is 0 Å². The van der Waals surface area contributed by atoms with Gasteiger partial charge in [-0.15, -0.1) is 0 Å². The molecule has 1 aromatic rings. The summed E-state index contributed by atoms with van der Waals surface area (Å²) in [5.41, 5.74) is 4.04. The van der Waals surface area contributed by atoms with Crippen LogP contribution < -0.4 is 0 Å². The van der Waals surface area contributed by atoms with Gasteiger partial charge in [-0.2, -0.15) is 0 Å². The molecular weight excluding hydrogens is 136 g/mol. The highest BCUT2D eigenvalue weighted by atomic mass is 16.5. The van der Waals surface area contributed by atoms with Gasteiger partial charge in [0.15, 0.2) is 0 Å². The van der Waals surface area contributed by atoms with E-state index in [1.165, 1.54) is 16.7 Å². The van der Waals surface area contributed by atoms with Crippen molar-refractivity contribution in [1.29, 1.82) is 0 Å². The number of hydrogen-bond acceptors (Lipinski definition) is 1. The summed E-state index contributed by atoms with van der Waals surface area (Å²) < 4.78 is 5.34. The first-order chi connectivity index (χ1) is 5.42. The smallest absolute Gasteiger partial charge is 0.0727 e. The molecule has 1 aliphatic rings. The van der Waals surface area contributed by atoms with Crippen LogP contribution in [-0.4, -0.2) is 0 Å². The molecule has 0 saturated heterocycles. The van der Waals surface area contributed by atoms with E-state index in [0.717, 1.165) is 19.6 Å². The van der Waals surface area contributed by atoms with Crippen molar-refractivity contribution in [3.63, 3.8) is 0 Å². The Morgan fingerprint density at radius 2 is 2.45 bits per heavy atom. The molecule has 1 heteroatoms. The van der Waals surface area contributed by atoms with E-state index < -0.39 is 0 Å². The van der Waals surface area contributed by atoms with E-state index in [4.69, 9.17) is 4.74 Å². The zero-order valence-electron chi connectivity index (χ0n) is 6.68. The molecule has 1 nitrogen and oxygen atoms in total. The summed E-state index contributed by atoms with van der Waals surface area (Å²) in [6.45, 7) is 3.73. The Morgan fingerprint density at radius 1 is 1.55 bits per heavy atom. The van der Waals surface area contributed by atoms with E-state index in [1.807, 2.05) is 6.07 Å². The van der Waals surface area contributed by atoms with Crippen molar-refractivity contribution in [2.24, 2.45) is 0 Å². The fraction of sp³-hybridized carbons (Fsp3) is 0.400. The zero-order valence-corrected chi connectivity index (χ0v) is 6.68. The molecule has 0 N–H and O–H groups in total. The first kappa shape index (κ1) is 6.86. The minimum Gasteiger partial charge on any atom is -0.372 e. The Labute approximate surface area is 67.0 Å². The summed E-state index contributed by atoms with van der Waals surface area (Å²) in [5.74, 6) is 0. The van der Waals surface area contributed by atoms with Gasteiger partial charge in [-0.25, -0.2) is 0 Å².